The number of rotatable bonds is 2. The molecule has 2 fully saturated rings. The first-order chi connectivity index (χ1) is 6.68. The molecule has 2 saturated heterocycles. The molecule has 0 aliphatic carbocycles. The van der Waals surface area contributed by atoms with Gasteiger partial charge in [-0.15, -0.1) is 0 Å². The van der Waals surface area contributed by atoms with E-state index >= 15 is 0 Å². The lowest BCUT2D eigenvalue weighted by Crippen LogP contribution is -2.50. The van der Waals surface area contributed by atoms with Gasteiger partial charge in [0.25, 0.3) is 0 Å². The molecule has 0 radical (unpaired) electrons. The summed E-state index contributed by atoms with van der Waals surface area (Å²) in [6.07, 6.45) is 5.93. The monoisotopic (exact) mass is 197 g/mol. The van der Waals surface area contributed by atoms with Gasteiger partial charge in [0.1, 0.15) is 0 Å². The SMILES string of the molecule is CCC(C)C1(O)CCN2CCCCC21. The summed E-state index contributed by atoms with van der Waals surface area (Å²) in [6, 6.07) is 0.464. The van der Waals surface area contributed by atoms with Crippen LogP contribution in [0.1, 0.15) is 46.0 Å². The third kappa shape index (κ3) is 1.49. The van der Waals surface area contributed by atoms with Crippen molar-refractivity contribution < 1.29 is 5.11 Å². The van der Waals surface area contributed by atoms with Gasteiger partial charge in [-0.25, -0.2) is 0 Å². The lowest BCUT2D eigenvalue weighted by molar-refractivity contribution is -0.0519. The standard InChI is InChI=1S/C12H23NO/c1-3-10(2)12(14)7-9-13-8-5-4-6-11(12)13/h10-11,14H,3-9H2,1-2H3. The van der Waals surface area contributed by atoms with E-state index < -0.39 is 0 Å². The molecule has 0 aromatic rings. The average Bonchev–Trinajstić information content (AvgIpc) is 2.58. The van der Waals surface area contributed by atoms with Crippen LogP contribution in [0.2, 0.25) is 0 Å². The first kappa shape index (κ1) is 10.4. The van der Waals surface area contributed by atoms with Crippen LogP contribution in [0.25, 0.3) is 0 Å². The molecular formula is C12H23NO. The van der Waals surface area contributed by atoms with Crippen LogP contribution in [0.5, 0.6) is 0 Å². The molecule has 0 aromatic carbocycles. The van der Waals surface area contributed by atoms with Crippen molar-refractivity contribution in [3.05, 3.63) is 0 Å². The summed E-state index contributed by atoms with van der Waals surface area (Å²) in [6.45, 7) is 6.72. The number of hydrogen-bond acceptors (Lipinski definition) is 2. The fraction of sp³-hybridized carbons (Fsp3) is 1.00. The topological polar surface area (TPSA) is 23.5 Å². The molecule has 0 aromatic heterocycles. The highest BCUT2D eigenvalue weighted by molar-refractivity contribution is 5.03. The number of fused-ring (bicyclic) bond motifs is 1. The second-order valence-electron chi connectivity index (χ2n) is 5.10. The van der Waals surface area contributed by atoms with Gasteiger partial charge < -0.3 is 5.11 Å². The molecule has 0 saturated carbocycles. The minimum atomic E-state index is -0.380. The van der Waals surface area contributed by atoms with Crippen LogP contribution in [0.3, 0.4) is 0 Å². The Morgan fingerprint density at radius 1 is 1.43 bits per heavy atom. The molecule has 82 valence electrons. The lowest BCUT2D eigenvalue weighted by Gasteiger charge is -2.40. The first-order valence-corrected chi connectivity index (χ1v) is 6.15. The zero-order valence-corrected chi connectivity index (χ0v) is 9.50. The molecule has 2 nitrogen and oxygen atoms in total. The van der Waals surface area contributed by atoms with Gasteiger partial charge in [-0.05, 0) is 31.7 Å². The number of hydrogen-bond donors (Lipinski definition) is 1. The zero-order chi connectivity index (χ0) is 10.2. The number of piperidine rings is 1. The summed E-state index contributed by atoms with van der Waals surface area (Å²) in [4.78, 5) is 2.51. The minimum Gasteiger partial charge on any atom is -0.388 e. The van der Waals surface area contributed by atoms with Crippen LogP contribution in [0, 0.1) is 5.92 Å². The van der Waals surface area contributed by atoms with E-state index in [0.717, 1.165) is 19.4 Å². The van der Waals surface area contributed by atoms with E-state index in [-0.39, 0.29) is 5.60 Å². The van der Waals surface area contributed by atoms with Gasteiger partial charge in [0.15, 0.2) is 0 Å². The average molecular weight is 197 g/mol. The minimum absolute atomic E-state index is 0.380. The van der Waals surface area contributed by atoms with E-state index in [4.69, 9.17) is 0 Å². The summed E-state index contributed by atoms with van der Waals surface area (Å²) >= 11 is 0. The molecule has 0 amide bonds. The van der Waals surface area contributed by atoms with Crippen molar-refractivity contribution >= 4 is 0 Å². The van der Waals surface area contributed by atoms with Crippen molar-refractivity contribution in [1.29, 1.82) is 0 Å². The van der Waals surface area contributed by atoms with Gasteiger partial charge in [-0.2, -0.15) is 0 Å². The van der Waals surface area contributed by atoms with E-state index in [2.05, 4.69) is 18.7 Å². The van der Waals surface area contributed by atoms with Crippen molar-refractivity contribution in [3.8, 4) is 0 Å². The summed E-state index contributed by atoms with van der Waals surface area (Å²) in [5.41, 5.74) is -0.380. The second kappa shape index (κ2) is 3.82. The van der Waals surface area contributed by atoms with Crippen LogP contribution in [-0.2, 0) is 0 Å². The van der Waals surface area contributed by atoms with Crippen LogP contribution in [-0.4, -0.2) is 34.7 Å². The van der Waals surface area contributed by atoms with Crippen molar-refractivity contribution in [2.45, 2.75) is 57.6 Å². The van der Waals surface area contributed by atoms with Crippen molar-refractivity contribution in [2.24, 2.45) is 5.92 Å². The molecule has 1 N–H and O–H groups in total. The predicted molar refractivity (Wildman–Crippen MR) is 58.2 cm³/mol. The molecule has 0 bridgehead atoms. The third-order valence-corrected chi connectivity index (χ3v) is 4.46. The summed E-state index contributed by atoms with van der Waals surface area (Å²) in [5, 5.41) is 10.7. The highest BCUT2D eigenvalue weighted by Crippen LogP contribution is 2.40. The molecular weight excluding hydrogens is 174 g/mol. The Hall–Kier alpha value is -0.0800. The van der Waals surface area contributed by atoms with Crippen molar-refractivity contribution in [2.75, 3.05) is 13.1 Å². The Morgan fingerprint density at radius 2 is 2.21 bits per heavy atom. The third-order valence-electron chi connectivity index (χ3n) is 4.46. The van der Waals surface area contributed by atoms with Crippen LogP contribution >= 0.6 is 0 Å². The van der Waals surface area contributed by atoms with Crippen molar-refractivity contribution in [3.63, 3.8) is 0 Å². The molecule has 2 rings (SSSR count). The van der Waals surface area contributed by atoms with Crippen LogP contribution in [0.15, 0.2) is 0 Å². The molecule has 0 spiro atoms. The van der Waals surface area contributed by atoms with Gasteiger partial charge in [0.2, 0.25) is 0 Å². The first-order valence-electron chi connectivity index (χ1n) is 6.15. The highest BCUT2D eigenvalue weighted by atomic mass is 16.3. The van der Waals surface area contributed by atoms with Crippen LogP contribution < -0.4 is 0 Å². The van der Waals surface area contributed by atoms with E-state index in [0.29, 0.717) is 12.0 Å². The van der Waals surface area contributed by atoms with E-state index in [1.807, 2.05) is 0 Å². The lowest BCUT2D eigenvalue weighted by atomic mass is 9.78. The normalized spacial score (nSPS) is 40.9. The molecule has 14 heavy (non-hydrogen) atoms. The molecule has 2 aliphatic rings. The second-order valence-corrected chi connectivity index (χ2v) is 5.10. The van der Waals surface area contributed by atoms with Crippen LogP contribution in [0.4, 0.5) is 0 Å². The fourth-order valence-electron chi connectivity index (χ4n) is 3.24. The maximum Gasteiger partial charge on any atom is 0.0839 e. The molecule has 3 unspecified atom stereocenters. The van der Waals surface area contributed by atoms with E-state index in [1.54, 1.807) is 0 Å². The Bertz CT molecular complexity index is 206. The maximum atomic E-state index is 10.7. The van der Waals surface area contributed by atoms with Gasteiger partial charge in [0.05, 0.1) is 5.60 Å². The van der Waals surface area contributed by atoms with Gasteiger partial charge in [0, 0.05) is 12.6 Å². The largest absolute Gasteiger partial charge is 0.388 e. The Labute approximate surface area is 87.3 Å². The molecule has 2 heteroatoms. The number of aliphatic hydroxyl groups is 1. The molecule has 2 aliphatic heterocycles. The van der Waals surface area contributed by atoms with E-state index in [9.17, 15) is 5.11 Å². The Kier molecular flexibility index (Phi) is 2.85. The van der Waals surface area contributed by atoms with Gasteiger partial charge >= 0.3 is 0 Å². The predicted octanol–water partition coefficient (Wildman–Crippen LogP) is 2.02. The quantitative estimate of drug-likeness (QED) is 0.732. The fourth-order valence-corrected chi connectivity index (χ4v) is 3.24. The Morgan fingerprint density at radius 3 is 2.93 bits per heavy atom. The van der Waals surface area contributed by atoms with Gasteiger partial charge in [-0.1, -0.05) is 26.7 Å². The van der Waals surface area contributed by atoms with Crippen molar-refractivity contribution in [1.82, 2.24) is 4.90 Å². The van der Waals surface area contributed by atoms with Gasteiger partial charge in [-0.3, -0.25) is 4.90 Å². The molecule has 2 heterocycles. The molecule has 3 atom stereocenters. The van der Waals surface area contributed by atoms with E-state index in [1.165, 1.54) is 25.8 Å². The Balaban J connectivity index is 2.12. The zero-order valence-electron chi connectivity index (χ0n) is 9.50. The highest BCUT2D eigenvalue weighted by Gasteiger charge is 2.48. The number of nitrogens with zero attached hydrogens (tertiary/aromatic N) is 1. The maximum absolute atomic E-state index is 10.7. The smallest absolute Gasteiger partial charge is 0.0839 e. The summed E-state index contributed by atoms with van der Waals surface area (Å²) in [5.74, 6) is 0.454. The summed E-state index contributed by atoms with van der Waals surface area (Å²) in [7, 11) is 0. The summed E-state index contributed by atoms with van der Waals surface area (Å²) < 4.78 is 0.